The van der Waals surface area contributed by atoms with Crippen LogP contribution < -0.4 is 15.4 Å². The fourth-order valence-electron chi connectivity index (χ4n) is 1.87. The van der Waals surface area contributed by atoms with Crippen molar-refractivity contribution in [1.82, 2.24) is 15.4 Å². The van der Waals surface area contributed by atoms with Gasteiger partial charge in [0.15, 0.2) is 0 Å². The summed E-state index contributed by atoms with van der Waals surface area (Å²) in [4.78, 5) is 23.7. The molecule has 0 saturated carbocycles. The lowest BCUT2D eigenvalue weighted by Gasteiger charge is -2.21. The van der Waals surface area contributed by atoms with Crippen molar-refractivity contribution in [2.75, 3.05) is 13.1 Å². The lowest BCUT2D eigenvalue weighted by Crippen LogP contribution is -2.47. The third kappa shape index (κ3) is 7.83. The number of hydrogen-bond donors (Lipinski definition) is 3. The summed E-state index contributed by atoms with van der Waals surface area (Å²) in [6.45, 7) is 8.65. The van der Waals surface area contributed by atoms with E-state index in [0.29, 0.717) is 0 Å². The monoisotopic (exact) mass is 385 g/mol. The molecule has 1 rings (SSSR count). The highest BCUT2D eigenvalue weighted by atomic mass is 32.2. The maximum atomic E-state index is 12.1. The van der Waals surface area contributed by atoms with Crippen LogP contribution in [0.1, 0.15) is 33.3 Å². The minimum Gasteiger partial charge on any atom is -0.444 e. The summed E-state index contributed by atoms with van der Waals surface area (Å²) in [7, 11) is -3.63. The molecule has 146 valence electrons. The Labute approximate surface area is 154 Å². The first-order chi connectivity index (χ1) is 11.9. The van der Waals surface area contributed by atoms with Crippen LogP contribution >= 0.6 is 0 Å². The Morgan fingerprint density at radius 3 is 2.23 bits per heavy atom. The fourth-order valence-corrected chi connectivity index (χ4v) is 2.91. The van der Waals surface area contributed by atoms with Crippen LogP contribution in [-0.2, 0) is 19.6 Å². The summed E-state index contributed by atoms with van der Waals surface area (Å²) in [5.41, 5.74) is 0.303. The van der Waals surface area contributed by atoms with Crippen LogP contribution in [0.2, 0.25) is 0 Å². The summed E-state index contributed by atoms with van der Waals surface area (Å²) in [6, 6.07) is 5.64. The van der Waals surface area contributed by atoms with Gasteiger partial charge in [-0.3, -0.25) is 4.79 Å². The average molecular weight is 385 g/mol. The summed E-state index contributed by atoms with van der Waals surface area (Å²) >= 11 is 0. The van der Waals surface area contributed by atoms with Crippen LogP contribution in [0.5, 0.6) is 0 Å². The van der Waals surface area contributed by atoms with Gasteiger partial charge in [0.2, 0.25) is 15.9 Å². The van der Waals surface area contributed by atoms with Crippen molar-refractivity contribution in [2.45, 2.75) is 51.2 Å². The second-order valence-electron chi connectivity index (χ2n) is 6.87. The zero-order chi connectivity index (χ0) is 20.0. The second-order valence-corrected chi connectivity index (χ2v) is 8.64. The Hall–Kier alpha value is -2.13. The van der Waals surface area contributed by atoms with E-state index in [1.165, 1.54) is 19.1 Å². The number of benzene rings is 1. The standard InChI is InChI=1S/C17H27N3O5S/c1-12-6-8-14(9-7-12)26(23,24)19-11-10-18-15(21)13(2)20-16(22)25-17(3,4)5/h6-9,13,19H,10-11H2,1-5H3,(H,18,21)(H,20,22). The molecule has 1 aromatic carbocycles. The Morgan fingerprint density at radius 2 is 1.69 bits per heavy atom. The fraction of sp³-hybridized carbons (Fsp3) is 0.529. The minimum absolute atomic E-state index is 0.0289. The van der Waals surface area contributed by atoms with Crippen molar-refractivity contribution in [3.63, 3.8) is 0 Å². The highest BCUT2D eigenvalue weighted by molar-refractivity contribution is 7.89. The molecule has 0 aliphatic heterocycles. The van der Waals surface area contributed by atoms with Crippen molar-refractivity contribution in [3.05, 3.63) is 29.8 Å². The number of amides is 2. The van der Waals surface area contributed by atoms with E-state index < -0.39 is 33.7 Å². The maximum Gasteiger partial charge on any atom is 0.408 e. The SMILES string of the molecule is Cc1ccc(S(=O)(=O)NCCNC(=O)C(C)NC(=O)OC(C)(C)C)cc1. The number of aryl methyl sites for hydroxylation is 1. The van der Waals surface area contributed by atoms with Gasteiger partial charge in [0.25, 0.3) is 0 Å². The molecular formula is C17H27N3O5S. The third-order valence-corrected chi connectivity index (χ3v) is 4.65. The van der Waals surface area contributed by atoms with E-state index in [2.05, 4.69) is 15.4 Å². The predicted molar refractivity (Wildman–Crippen MR) is 98.2 cm³/mol. The number of sulfonamides is 1. The lowest BCUT2D eigenvalue weighted by atomic mass is 10.2. The van der Waals surface area contributed by atoms with Gasteiger partial charge in [-0.05, 0) is 46.8 Å². The number of carbonyl (C=O) groups is 2. The summed E-state index contributed by atoms with van der Waals surface area (Å²) in [6.07, 6.45) is -0.694. The predicted octanol–water partition coefficient (Wildman–Crippen LogP) is 1.30. The van der Waals surface area contributed by atoms with E-state index in [9.17, 15) is 18.0 Å². The van der Waals surface area contributed by atoms with Gasteiger partial charge in [0, 0.05) is 13.1 Å². The van der Waals surface area contributed by atoms with Gasteiger partial charge in [-0.2, -0.15) is 0 Å². The summed E-state index contributed by atoms with van der Waals surface area (Å²) < 4.78 is 31.7. The van der Waals surface area contributed by atoms with Crippen LogP contribution in [0.15, 0.2) is 29.2 Å². The van der Waals surface area contributed by atoms with Crippen LogP contribution in [0.25, 0.3) is 0 Å². The maximum absolute atomic E-state index is 12.1. The molecule has 0 bridgehead atoms. The van der Waals surface area contributed by atoms with Gasteiger partial charge >= 0.3 is 6.09 Å². The first kappa shape index (κ1) is 21.9. The molecule has 0 radical (unpaired) electrons. The lowest BCUT2D eigenvalue weighted by molar-refractivity contribution is -0.122. The van der Waals surface area contributed by atoms with Gasteiger partial charge in [0.05, 0.1) is 4.90 Å². The van der Waals surface area contributed by atoms with Crippen LogP contribution in [0.3, 0.4) is 0 Å². The Bertz CT molecular complexity index is 724. The van der Waals surface area contributed by atoms with Crippen molar-refractivity contribution in [1.29, 1.82) is 0 Å². The van der Waals surface area contributed by atoms with E-state index >= 15 is 0 Å². The number of carbonyl (C=O) groups excluding carboxylic acids is 2. The number of rotatable bonds is 7. The van der Waals surface area contributed by atoms with Crippen molar-refractivity contribution in [3.8, 4) is 0 Å². The van der Waals surface area contributed by atoms with Gasteiger partial charge in [-0.15, -0.1) is 0 Å². The molecule has 0 saturated heterocycles. The molecule has 1 atom stereocenters. The van der Waals surface area contributed by atoms with Crippen LogP contribution in [0.4, 0.5) is 4.79 Å². The van der Waals surface area contributed by atoms with Crippen molar-refractivity contribution < 1.29 is 22.7 Å². The smallest absolute Gasteiger partial charge is 0.408 e. The number of ether oxygens (including phenoxy) is 1. The molecule has 0 heterocycles. The normalized spacial score (nSPS) is 13.0. The molecule has 0 aliphatic rings. The molecule has 1 aromatic rings. The molecule has 2 amide bonds. The molecular weight excluding hydrogens is 358 g/mol. The number of hydrogen-bond acceptors (Lipinski definition) is 5. The average Bonchev–Trinajstić information content (AvgIpc) is 2.49. The highest BCUT2D eigenvalue weighted by Crippen LogP contribution is 2.09. The minimum atomic E-state index is -3.63. The van der Waals surface area contributed by atoms with Crippen LogP contribution in [-0.4, -0.2) is 45.2 Å². The van der Waals surface area contributed by atoms with E-state index in [1.807, 2.05) is 6.92 Å². The van der Waals surface area contributed by atoms with Gasteiger partial charge in [0.1, 0.15) is 11.6 Å². The zero-order valence-electron chi connectivity index (χ0n) is 15.8. The molecule has 26 heavy (non-hydrogen) atoms. The third-order valence-electron chi connectivity index (χ3n) is 3.17. The van der Waals surface area contributed by atoms with Crippen molar-refractivity contribution >= 4 is 22.0 Å². The van der Waals surface area contributed by atoms with E-state index in [1.54, 1.807) is 32.9 Å². The Balaban J connectivity index is 2.39. The van der Waals surface area contributed by atoms with Gasteiger partial charge in [-0.25, -0.2) is 17.9 Å². The molecule has 9 heteroatoms. The van der Waals surface area contributed by atoms with E-state index in [0.717, 1.165) is 5.56 Å². The first-order valence-corrected chi connectivity index (χ1v) is 9.72. The molecule has 0 fully saturated rings. The van der Waals surface area contributed by atoms with E-state index in [4.69, 9.17) is 4.74 Å². The van der Waals surface area contributed by atoms with Gasteiger partial charge < -0.3 is 15.4 Å². The largest absolute Gasteiger partial charge is 0.444 e. The molecule has 8 nitrogen and oxygen atoms in total. The number of nitrogens with one attached hydrogen (secondary N) is 3. The summed E-state index contributed by atoms with van der Waals surface area (Å²) in [5.74, 6) is -0.439. The second kappa shape index (κ2) is 9.00. The first-order valence-electron chi connectivity index (χ1n) is 8.24. The Morgan fingerprint density at radius 1 is 1.12 bits per heavy atom. The summed E-state index contributed by atoms with van der Waals surface area (Å²) in [5, 5.41) is 4.96. The van der Waals surface area contributed by atoms with Crippen LogP contribution in [0, 0.1) is 6.92 Å². The Kier molecular flexibility index (Phi) is 7.58. The van der Waals surface area contributed by atoms with E-state index in [-0.39, 0.29) is 18.0 Å². The zero-order valence-corrected chi connectivity index (χ0v) is 16.6. The topological polar surface area (TPSA) is 114 Å². The molecule has 3 N–H and O–H groups in total. The van der Waals surface area contributed by atoms with Crippen molar-refractivity contribution in [2.24, 2.45) is 0 Å². The molecule has 0 aliphatic carbocycles. The number of alkyl carbamates (subject to hydrolysis) is 1. The quantitative estimate of drug-likeness (QED) is 0.612. The van der Waals surface area contributed by atoms with Gasteiger partial charge in [-0.1, -0.05) is 17.7 Å². The molecule has 1 unspecified atom stereocenters. The molecule has 0 spiro atoms. The highest BCUT2D eigenvalue weighted by Gasteiger charge is 2.21. The molecule has 0 aromatic heterocycles.